The van der Waals surface area contributed by atoms with Crippen LogP contribution in [0.1, 0.15) is 49.8 Å². The van der Waals surface area contributed by atoms with Crippen molar-refractivity contribution in [2.24, 2.45) is 0 Å². The first-order valence-corrected chi connectivity index (χ1v) is 5.53. The van der Waals surface area contributed by atoms with E-state index < -0.39 is 0 Å². The molecule has 0 radical (unpaired) electrons. The van der Waals surface area contributed by atoms with E-state index in [0.717, 1.165) is 13.1 Å². The molecule has 1 aliphatic rings. The van der Waals surface area contributed by atoms with Crippen LogP contribution in [-0.4, -0.2) is 23.3 Å². The van der Waals surface area contributed by atoms with E-state index in [1.807, 2.05) is 6.20 Å². The van der Waals surface area contributed by atoms with E-state index >= 15 is 0 Å². The van der Waals surface area contributed by atoms with Crippen LogP contribution in [0.5, 0.6) is 0 Å². The molecule has 1 saturated heterocycles. The van der Waals surface area contributed by atoms with E-state index in [2.05, 4.69) is 29.4 Å². The maximum Gasteiger partial charge on any atom is 0.0524 e. The Bertz CT molecular complexity index is 284. The Balaban J connectivity index is 2.17. The number of aromatic nitrogens is 2. The zero-order valence-electron chi connectivity index (χ0n) is 9.01. The van der Waals surface area contributed by atoms with E-state index in [1.54, 1.807) is 0 Å². The summed E-state index contributed by atoms with van der Waals surface area (Å²) >= 11 is 0. The number of nitrogens with zero attached hydrogens (tertiary/aromatic N) is 1. The van der Waals surface area contributed by atoms with Gasteiger partial charge in [-0.25, -0.2) is 0 Å². The smallest absolute Gasteiger partial charge is 0.0524 e. The summed E-state index contributed by atoms with van der Waals surface area (Å²) in [6, 6.07) is 0. The maximum atomic E-state index is 4.17. The Morgan fingerprint density at radius 3 is 2.71 bits per heavy atom. The lowest BCUT2D eigenvalue weighted by Crippen LogP contribution is -2.27. The van der Waals surface area contributed by atoms with Gasteiger partial charge in [-0.05, 0) is 37.4 Å². The largest absolute Gasteiger partial charge is 0.317 e. The number of piperidine rings is 1. The van der Waals surface area contributed by atoms with Crippen LogP contribution >= 0.6 is 0 Å². The molecule has 2 N–H and O–H groups in total. The minimum absolute atomic E-state index is 0.582. The maximum absolute atomic E-state index is 4.17. The third-order valence-electron chi connectivity index (χ3n) is 3.07. The van der Waals surface area contributed by atoms with Gasteiger partial charge in [0, 0.05) is 11.6 Å². The zero-order valence-corrected chi connectivity index (χ0v) is 9.01. The number of aromatic amines is 1. The number of H-pyrrole nitrogens is 1. The predicted octanol–water partition coefficient (Wildman–Crippen LogP) is 2.00. The van der Waals surface area contributed by atoms with Crippen LogP contribution in [0.3, 0.4) is 0 Å². The van der Waals surface area contributed by atoms with E-state index in [0.29, 0.717) is 11.8 Å². The number of rotatable bonds is 2. The van der Waals surface area contributed by atoms with Crippen LogP contribution in [0.25, 0.3) is 0 Å². The average Bonchev–Trinajstić information content (AvgIpc) is 2.67. The molecule has 0 bridgehead atoms. The summed E-state index contributed by atoms with van der Waals surface area (Å²) in [5.74, 6) is 1.27. The fourth-order valence-corrected chi connectivity index (χ4v) is 2.20. The lowest BCUT2D eigenvalue weighted by molar-refractivity contribution is 0.449. The van der Waals surface area contributed by atoms with Crippen molar-refractivity contribution in [3.8, 4) is 0 Å². The van der Waals surface area contributed by atoms with Crippen molar-refractivity contribution in [3.63, 3.8) is 0 Å². The molecule has 78 valence electrons. The van der Waals surface area contributed by atoms with E-state index in [-0.39, 0.29) is 0 Å². The molecule has 3 nitrogen and oxygen atoms in total. The minimum atomic E-state index is 0.582. The van der Waals surface area contributed by atoms with Crippen molar-refractivity contribution in [2.75, 3.05) is 13.1 Å². The van der Waals surface area contributed by atoms with Crippen LogP contribution in [0.2, 0.25) is 0 Å². The van der Waals surface area contributed by atoms with Crippen molar-refractivity contribution in [2.45, 2.75) is 38.5 Å². The van der Waals surface area contributed by atoms with Crippen molar-refractivity contribution in [3.05, 3.63) is 17.5 Å². The molecule has 1 fully saturated rings. The SMILES string of the molecule is CC(C)c1cn[nH]c1C1CCNCC1. The molecule has 14 heavy (non-hydrogen) atoms. The van der Waals surface area contributed by atoms with Gasteiger partial charge >= 0.3 is 0 Å². The number of nitrogens with one attached hydrogen (secondary N) is 2. The first kappa shape index (κ1) is 9.71. The summed E-state index contributed by atoms with van der Waals surface area (Å²) in [7, 11) is 0. The van der Waals surface area contributed by atoms with Crippen LogP contribution < -0.4 is 5.32 Å². The summed E-state index contributed by atoms with van der Waals surface area (Å²) in [6.45, 7) is 6.74. The van der Waals surface area contributed by atoms with Crippen LogP contribution in [0.4, 0.5) is 0 Å². The van der Waals surface area contributed by atoms with Crippen molar-refractivity contribution >= 4 is 0 Å². The molecular weight excluding hydrogens is 174 g/mol. The van der Waals surface area contributed by atoms with Gasteiger partial charge in [-0.15, -0.1) is 0 Å². The van der Waals surface area contributed by atoms with Gasteiger partial charge in [-0.2, -0.15) is 5.10 Å². The Kier molecular flexibility index (Phi) is 2.87. The summed E-state index contributed by atoms with van der Waals surface area (Å²) in [4.78, 5) is 0. The van der Waals surface area contributed by atoms with Gasteiger partial charge in [0.25, 0.3) is 0 Å². The quantitative estimate of drug-likeness (QED) is 0.754. The predicted molar refractivity (Wildman–Crippen MR) is 57.5 cm³/mol. The van der Waals surface area contributed by atoms with Gasteiger partial charge < -0.3 is 5.32 Å². The number of hydrogen-bond donors (Lipinski definition) is 2. The molecule has 1 aromatic heterocycles. The average molecular weight is 193 g/mol. The second-order valence-electron chi connectivity index (χ2n) is 4.42. The second kappa shape index (κ2) is 4.13. The Labute approximate surface area is 85.3 Å². The molecule has 2 heterocycles. The topological polar surface area (TPSA) is 40.7 Å². The summed E-state index contributed by atoms with van der Waals surface area (Å²) in [5.41, 5.74) is 2.78. The lowest BCUT2D eigenvalue weighted by Gasteiger charge is -2.23. The van der Waals surface area contributed by atoms with Gasteiger partial charge in [0.05, 0.1) is 6.20 Å². The summed E-state index contributed by atoms with van der Waals surface area (Å²) in [6.07, 6.45) is 4.46. The fraction of sp³-hybridized carbons (Fsp3) is 0.727. The molecule has 0 spiro atoms. The Hall–Kier alpha value is -0.830. The van der Waals surface area contributed by atoms with Crippen LogP contribution in [-0.2, 0) is 0 Å². The first-order chi connectivity index (χ1) is 6.79. The minimum Gasteiger partial charge on any atom is -0.317 e. The van der Waals surface area contributed by atoms with Crippen LogP contribution in [0.15, 0.2) is 6.20 Å². The highest BCUT2D eigenvalue weighted by Crippen LogP contribution is 2.29. The highest BCUT2D eigenvalue weighted by atomic mass is 15.1. The van der Waals surface area contributed by atoms with Gasteiger partial charge in [0.1, 0.15) is 0 Å². The Morgan fingerprint density at radius 2 is 2.07 bits per heavy atom. The zero-order chi connectivity index (χ0) is 9.97. The standard InChI is InChI=1S/C11H19N3/c1-8(2)10-7-13-14-11(10)9-3-5-12-6-4-9/h7-9,12H,3-6H2,1-2H3,(H,13,14). The van der Waals surface area contributed by atoms with E-state index in [9.17, 15) is 0 Å². The third-order valence-corrected chi connectivity index (χ3v) is 3.07. The van der Waals surface area contributed by atoms with Gasteiger partial charge in [-0.1, -0.05) is 13.8 Å². The lowest BCUT2D eigenvalue weighted by atomic mass is 9.89. The van der Waals surface area contributed by atoms with E-state index in [4.69, 9.17) is 0 Å². The molecule has 1 aliphatic heterocycles. The molecule has 0 unspecified atom stereocenters. The second-order valence-corrected chi connectivity index (χ2v) is 4.42. The van der Waals surface area contributed by atoms with Gasteiger partial charge in [0.15, 0.2) is 0 Å². The van der Waals surface area contributed by atoms with Crippen molar-refractivity contribution in [1.29, 1.82) is 0 Å². The van der Waals surface area contributed by atoms with E-state index in [1.165, 1.54) is 24.1 Å². The highest BCUT2D eigenvalue weighted by molar-refractivity contribution is 5.24. The van der Waals surface area contributed by atoms with Crippen molar-refractivity contribution < 1.29 is 0 Å². The third kappa shape index (κ3) is 1.82. The van der Waals surface area contributed by atoms with Crippen LogP contribution in [0, 0.1) is 0 Å². The van der Waals surface area contributed by atoms with Crippen molar-refractivity contribution in [1.82, 2.24) is 15.5 Å². The first-order valence-electron chi connectivity index (χ1n) is 5.53. The highest BCUT2D eigenvalue weighted by Gasteiger charge is 2.20. The Morgan fingerprint density at radius 1 is 1.36 bits per heavy atom. The molecular formula is C11H19N3. The molecule has 2 rings (SSSR count). The summed E-state index contributed by atoms with van der Waals surface area (Å²) in [5, 5.41) is 10.7. The molecule has 0 atom stereocenters. The normalized spacial score (nSPS) is 19.1. The molecule has 0 aliphatic carbocycles. The fourth-order valence-electron chi connectivity index (χ4n) is 2.20. The molecule has 0 aromatic carbocycles. The molecule has 3 heteroatoms. The molecule has 1 aromatic rings. The molecule has 0 saturated carbocycles. The summed E-state index contributed by atoms with van der Waals surface area (Å²) < 4.78 is 0. The monoisotopic (exact) mass is 193 g/mol. The van der Waals surface area contributed by atoms with Gasteiger partial charge in [-0.3, -0.25) is 5.10 Å². The van der Waals surface area contributed by atoms with Gasteiger partial charge in [0.2, 0.25) is 0 Å². The number of hydrogen-bond acceptors (Lipinski definition) is 2. The molecule has 0 amide bonds.